The summed E-state index contributed by atoms with van der Waals surface area (Å²) in [5.74, 6) is 1.45. The van der Waals surface area contributed by atoms with Gasteiger partial charge in [0.2, 0.25) is 0 Å². The molecule has 1 nitrogen and oxygen atoms in total. The fourth-order valence-electron chi connectivity index (χ4n) is 2.09. The van der Waals surface area contributed by atoms with Crippen LogP contribution in [0.15, 0.2) is 18.3 Å². The molecule has 64 valence electrons. The van der Waals surface area contributed by atoms with E-state index in [2.05, 4.69) is 24.9 Å². The minimum atomic E-state index is 0.709. The van der Waals surface area contributed by atoms with Crippen molar-refractivity contribution >= 4 is 0 Å². The first kappa shape index (κ1) is 7.78. The van der Waals surface area contributed by atoms with Crippen LogP contribution in [0.25, 0.3) is 0 Å². The van der Waals surface area contributed by atoms with E-state index >= 15 is 0 Å². The molecular weight excluding hydrogens is 146 g/mol. The van der Waals surface area contributed by atoms with Gasteiger partial charge in [-0.25, -0.2) is 0 Å². The van der Waals surface area contributed by atoms with Gasteiger partial charge in [0, 0.05) is 17.8 Å². The lowest BCUT2D eigenvalue weighted by molar-refractivity contribution is 0.487. The molecule has 1 aliphatic rings. The van der Waals surface area contributed by atoms with E-state index in [1.165, 1.54) is 24.1 Å². The van der Waals surface area contributed by atoms with Crippen molar-refractivity contribution in [3.63, 3.8) is 0 Å². The predicted octanol–water partition coefficient (Wildman–Crippen LogP) is 2.77. The molecule has 1 atom stereocenters. The Morgan fingerprint density at radius 2 is 2.33 bits per heavy atom. The number of hydrogen-bond acceptors (Lipinski definition) is 1. The minimum Gasteiger partial charge on any atom is -0.261 e. The van der Waals surface area contributed by atoms with Crippen LogP contribution in [0.3, 0.4) is 0 Å². The molecule has 1 aromatic heterocycles. The second-order valence-corrected chi connectivity index (χ2v) is 3.94. The lowest BCUT2D eigenvalue weighted by atomic mass is 9.93. The second kappa shape index (κ2) is 2.89. The molecule has 0 spiro atoms. The van der Waals surface area contributed by atoms with E-state index in [0.717, 1.165) is 5.92 Å². The summed E-state index contributed by atoms with van der Waals surface area (Å²) in [6, 6.07) is 4.26. The van der Waals surface area contributed by atoms with E-state index in [1.807, 2.05) is 12.3 Å². The van der Waals surface area contributed by atoms with Crippen molar-refractivity contribution in [3.8, 4) is 0 Å². The highest BCUT2D eigenvalue weighted by Gasteiger charge is 2.25. The van der Waals surface area contributed by atoms with Crippen LogP contribution in [0.2, 0.25) is 0 Å². The topological polar surface area (TPSA) is 12.9 Å². The number of hydrogen-bond donors (Lipinski definition) is 0. The number of aromatic nitrogens is 1. The Balaban J connectivity index is 2.36. The highest BCUT2D eigenvalue weighted by atomic mass is 14.7. The Bertz CT molecular complexity index is 278. The highest BCUT2D eigenvalue weighted by molar-refractivity contribution is 5.28. The minimum absolute atomic E-state index is 0.709. The molecule has 0 aliphatic heterocycles. The summed E-state index contributed by atoms with van der Waals surface area (Å²) in [5, 5.41) is 0. The van der Waals surface area contributed by atoms with Gasteiger partial charge < -0.3 is 0 Å². The fourth-order valence-corrected chi connectivity index (χ4v) is 2.09. The molecule has 0 saturated carbocycles. The zero-order valence-corrected chi connectivity index (χ0v) is 7.75. The third-order valence-electron chi connectivity index (χ3n) is 2.81. The molecule has 0 aromatic carbocycles. The van der Waals surface area contributed by atoms with E-state index in [4.69, 9.17) is 0 Å². The summed E-state index contributed by atoms with van der Waals surface area (Å²) in [6.45, 7) is 4.57. The van der Waals surface area contributed by atoms with Gasteiger partial charge in [0.25, 0.3) is 0 Å². The first-order valence-corrected chi connectivity index (χ1v) is 4.73. The number of nitrogens with zero attached hydrogens (tertiary/aromatic N) is 1. The largest absolute Gasteiger partial charge is 0.261 e. The monoisotopic (exact) mass is 161 g/mol. The van der Waals surface area contributed by atoms with Crippen LogP contribution in [-0.2, 0) is 6.42 Å². The number of pyridine rings is 1. The maximum atomic E-state index is 4.46. The van der Waals surface area contributed by atoms with Crippen LogP contribution >= 0.6 is 0 Å². The van der Waals surface area contributed by atoms with Crippen LogP contribution < -0.4 is 0 Å². The lowest BCUT2D eigenvalue weighted by Gasteiger charge is -2.13. The molecule has 0 amide bonds. The number of rotatable bonds is 1. The fraction of sp³-hybridized carbons (Fsp3) is 0.545. The smallest absolute Gasteiger partial charge is 0.0469 e. The van der Waals surface area contributed by atoms with Crippen molar-refractivity contribution < 1.29 is 0 Å². The molecule has 1 heterocycles. The van der Waals surface area contributed by atoms with Gasteiger partial charge in [-0.1, -0.05) is 19.9 Å². The van der Waals surface area contributed by atoms with Crippen LogP contribution in [0.5, 0.6) is 0 Å². The highest BCUT2D eigenvalue weighted by Crippen LogP contribution is 2.36. The van der Waals surface area contributed by atoms with Gasteiger partial charge >= 0.3 is 0 Å². The second-order valence-electron chi connectivity index (χ2n) is 3.94. The van der Waals surface area contributed by atoms with Gasteiger partial charge in [0.15, 0.2) is 0 Å². The standard InChI is InChI=1S/C11H15N/c1-8(2)10-6-5-9-4-3-7-12-11(9)10/h3-4,7-8,10H,5-6H2,1-2H3/t10-/m1/s1. The summed E-state index contributed by atoms with van der Waals surface area (Å²) in [6.07, 6.45) is 4.44. The molecule has 1 aromatic rings. The van der Waals surface area contributed by atoms with Crippen molar-refractivity contribution in [3.05, 3.63) is 29.6 Å². The summed E-state index contributed by atoms with van der Waals surface area (Å²) >= 11 is 0. The molecule has 0 bridgehead atoms. The molecule has 0 saturated heterocycles. The van der Waals surface area contributed by atoms with E-state index in [1.54, 1.807) is 0 Å². The number of aryl methyl sites for hydroxylation is 1. The Morgan fingerprint density at radius 3 is 3.08 bits per heavy atom. The Labute approximate surface area is 73.8 Å². The molecule has 0 N–H and O–H groups in total. The zero-order valence-electron chi connectivity index (χ0n) is 7.75. The predicted molar refractivity (Wildman–Crippen MR) is 50.1 cm³/mol. The van der Waals surface area contributed by atoms with Crippen molar-refractivity contribution in [1.29, 1.82) is 0 Å². The van der Waals surface area contributed by atoms with E-state index in [-0.39, 0.29) is 0 Å². The van der Waals surface area contributed by atoms with Gasteiger partial charge in [-0.3, -0.25) is 4.98 Å². The third kappa shape index (κ3) is 1.13. The normalized spacial score (nSPS) is 21.4. The molecule has 0 unspecified atom stereocenters. The van der Waals surface area contributed by atoms with Gasteiger partial charge in [0.1, 0.15) is 0 Å². The average Bonchev–Trinajstić information content (AvgIpc) is 2.47. The SMILES string of the molecule is CC(C)[C@H]1CCc2cccnc21. The summed E-state index contributed by atoms with van der Waals surface area (Å²) < 4.78 is 0. The van der Waals surface area contributed by atoms with Gasteiger partial charge in [-0.05, 0) is 30.4 Å². The van der Waals surface area contributed by atoms with Crippen molar-refractivity contribution in [2.24, 2.45) is 5.92 Å². The van der Waals surface area contributed by atoms with Crippen LogP contribution in [-0.4, -0.2) is 4.98 Å². The van der Waals surface area contributed by atoms with E-state index in [0.29, 0.717) is 5.92 Å². The summed E-state index contributed by atoms with van der Waals surface area (Å²) in [4.78, 5) is 4.46. The average molecular weight is 161 g/mol. The molecule has 1 aliphatic carbocycles. The third-order valence-corrected chi connectivity index (χ3v) is 2.81. The number of fused-ring (bicyclic) bond motifs is 1. The van der Waals surface area contributed by atoms with Crippen LogP contribution in [0, 0.1) is 5.92 Å². The molecule has 12 heavy (non-hydrogen) atoms. The van der Waals surface area contributed by atoms with Gasteiger partial charge in [-0.2, -0.15) is 0 Å². The van der Waals surface area contributed by atoms with E-state index in [9.17, 15) is 0 Å². The van der Waals surface area contributed by atoms with Crippen molar-refractivity contribution in [1.82, 2.24) is 4.98 Å². The van der Waals surface area contributed by atoms with E-state index < -0.39 is 0 Å². The summed E-state index contributed by atoms with van der Waals surface area (Å²) in [5.41, 5.74) is 2.82. The first-order valence-electron chi connectivity index (χ1n) is 4.73. The molecule has 0 fully saturated rings. The maximum Gasteiger partial charge on any atom is 0.0469 e. The Hall–Kier alpha value is -0.850. The van der Waals surface area contributed by atoms with Crippen LogP contribution in [0.1, 0.15) is 37.4 Å². The Kier molecular flexibility index (Phi) is 1.87. The van der Waals surface area contributed by atoms with Crippen LogP contribution in [0.4, 0.5) is 0 Å². The van der Waals surface area contributed by atoms with Crippen molar-refractivity contribution in [2.75, 3.05) is 0 Å². The molecule has 2 rings (SSSR count). The maximum absolute atomic E-state index is 4.46. The lowest BCUT2D eigenvalue weighted by Crippen LogP contribution is -2.03. The zero-order chi connectivity index (χ0) is 8.55. The van der Waals surface area contributed by atoms with Gasteiger partial charge in [0.05, 0.1) is 0 Å². The summed E-state index contributed by atoms with van der Waals surface area (Å²) in [7, 11) is 0. The van der Waals surface area contributed by atoms with Gasteiger partial charge in [-0.15, -0.1) is 0 Å². The molecule has 1 heteroatoms. The van der Waals surface area contributed by atoms with Crippen molar-refractivity contribution in [2.45, 2.75) is 32.6 Å². The first-order chi connectivity index (χ1) is 5.79. The quantitative estimate of drug-likeness (QED) is 0.617. The molecular formula is C11H15N. The molecule has 0 radical (unpaired) electrons. The Morgan fingerprint density at radius 1 is 1.50 bits per heavy atom.